The average Bonchev–Trinajstić information content (AvgIpc) is 3.13. The molecule has 2 aromatic carbocycles. The molecule has 0 fully saturated rings. The van der Waals surface area contributed by atoms with Crippen LogP contribution in [0.4, 0.5) is 5.69 Å². The number of aromatic nitrogens is 4. The molecule has 13 heteroatoms. The first-order valence-electron chi connectivity index (χ1n) is 9.42. The number of aromatic amines is 1. The molecule has 4 rings (SSSR count). The normalized spacial score (nSPS) is 11.9. The van der Waals surface area contributed by atoms with Gasteiger partial charge in [0.05, 0.1) is 24.2 Å². The number of nitrogens with one attached hydrogen (secondary N) is 2. The largest absolute Gasteiger partial charge is 0.750 e. The maximum Gasteiger partial charge on any atom is 0.332 e. The Balaban J connectivity index is 1.89. The molecular formula is C20H17N6O6S-. The zero-order chi connectivity index (χ0) is 23.5. The molecule has 0 aliphatic heterocycles. The van der Waals surface area contributed by atoms with Crippen LogP contribution < -0.4 is 21.5 Å². The highest BCUT2D eigenvalue weighted by Crippen LogP contribution is 2.27. The molecule has 4 aromatic rings. The number of H-pyrrole nitrogens is 1. The molecule has 4 N–H and O–H groups in total. The summed E-state index contributed by atoms with van der Waals surface area (Å²) < 4.78 is 32.1. The number of rotatable bonds is 8. The second-order valence-corrected chi connectivity index (χ2v) is 7.26. The summed E-state index contributed by atoms with van der Waals surface area (Å²) in [5, 5.41) is 2.78. The van der Waals surface area contributed by atoms with Crippen molar-refractivity contribution in [1.82, 2.24) is 19.5 Å². The fraction of sp³-hybridized carbons (Fsp3) is 0.100. The number of ether oxygens (including phenoxy) is 1. The summed E-state index contributed by atoms with van der Waals surface area (Å²) in [6.07, 6.45) is 0. The molecule has 2 heterocycles. The SMILES string of the molecule is COc1ccccc1-n1c(=O)[nH]c2c(C(N)=O)nc(-c3cccc(NCOS(=O)[O-])c3)nc21. The van der Waals surface area contributed by atoms with Gasteiger partial charge >= 0.3 is 5.69 Å². The van der Waals surface area contributed by atoms with Crippen molar-refractivity contribution in [2.24, 2.45) is 5.73 Å². The molecule has 1 unspecified atom stereocenters. The predicted molar refractivity (Wildman–Crippen MR) is 118 cm³/mol. The maximum absolute atomic E-state index is 12.8. The van der Waals surface area contributed by atoms with Gasteiger partial charge in [-0.05, 0) is 24.3 Å². The topological polar surface area (TPSA) is 177 Å². The Morgan fingerprint density at radius 1 is 1.24 bits per heavy atom. The number of fused-ring (bicyclic) bond motifs is 1. The third-order valence-corrected chi connectivity index (χ3v) is 4.96. The van der Waals surface area contributed by atoms with Gasteiger partial charge in [0.25, 0.3) is 5.91 Å². The Labute approximate surface area is 188 Å². The molecule has 0 saturated carbocycles. The third kappa shape index (κ3) is 4.45. The summed E-state index contributed by atoms with van der Waals surface area (Å²) in [7, 11) is 1.47. The summed E-state index contributed by atoms with van der Waals surface area (Å²) in [5.41, 5.74) is 6.44. The Kier molecular flexibility index (Phi) is 6.17. The van der Waals surface area contributed by atoms with Crippen LogP contribution >= 0.6 is 0 Å². The number of imidazole rings is 1. The molecular weight excluding hydrogens is 452 g/mol. The number of carbonyl (C=O) groups is 1. The lowest BCUT2D eigenvalue weighted by molar-refractivity contribution is 0.0997. The van der Waals surface area contributed by atoms with E-state index < -0.39 is 23.0 Å². The first kappa shape index (κ1) is 22.1. The molecule has 0 radical (unpaired) electrons. The molecule has 33 heavy (non-hydrogen) atoms. The molecule has 0 spiro atoms. The van der Waals surface area contributed by atoms with Crippen LogP contribution in [0.5, 0.6) is 5.75 Å². The molecule has 0 aliphatic carbocycles. The lowest BCUT2D eigenvalue weighted by atomic mass is 10.2. The third-order valence-electron chi connectivity index (χ3n) is 4.65. The number of para-hydroxylation sites is 2. The number of benzene rings is 2. The second-order valence-electron chi connectivity index (χ2n) is 6.62. The number of amides is 1. The van der Waals surface area contributed by atoms with Crippen molar-refractivity contribution >= 4 is 34.1 Å². The van der Waals surface area contributed by atoms with Crippen molar-refractivity contribution in [3.63, 3.8) is 0 Å². The number of nitrogens with two attached hydrogens (primary N) is 1. The predicted octanol–water partition coefficient (Wildman–Crippen LogP) is 1.06. The number of nitrogens with zero attached hydrogens (tertiary/aromatic N) is 3. The summed E-state index contributed by atoms with van der Waals surface area (Å²) in [5.74, 6) is -0.308. The van der Waals surface area contributed by atoms with Crippen molar-refractivity contribution in [3.8, 4) is 22.8 Å². The van der Waals surface area contributed by atoms with Gasteiger partial charge in [0.1, 0.15) is 18.0 Å². The fourth-order valence-corrected chi connectivity index (χ4v) is 3.41. The first-order chi connectivity index (χ1) is 15.9. The minimum Gasteiger partial charge on any atom is -0.750 e. The summed E-state index contributed by atoms with van der Waals surface area (Å²) in [4.78, 5) is 36.3. The summed E-state index contributed by atoms with van der Waals surface area (Å²) in [6.45, 7) is -0.281. The standard InChI is InChI=1S/C20H18N6O6S/c1-31-14-8-3-2-7-13(14)26-19-16(24-20(26)28)15(17(21)27)23-18(25-19)11-5-4-6-12(9-11)22-10-32-33(29)30/h2-9,22H,10H2,1H3,(H2,21,27)(H,24,28)(H,29,30)/p-1. The van der Waals surface area contributed by atoms with Crippen LogP contribution in [-0.2, 0) is 15.5 Å². The van der Waals surface area contributed by atoms with Crippen LogP contribution in [0.15, 0.2) is 53.3 Å². The van der Waals surface area contributed by atoms with Crippen molar-refractivity contribution in [2.75, 3.05) is 19.2 Å². The highest BCUT2D eigenvalue weighted by molar-refractivity contribution is 7.74. The first-order valence-corrected chi connectivity index (χ1v) is 10.4. The quantitative estimate of drug-likeness (QED) is 0.251. The second kappa shape index (κ2) is 9.20. The lowest BCUT2D eigenvalue weighted by Crippen LogP contribution is -2.16. The van der Waals surface area contributed by atoms with Crippen LogP contribution in [0, 0.1) is 0 Å². The van der Waals surface area contributed by atoms with Gasteiger partial charge in [-0.15, -0.1) is 0 Å². The van der Waals surface area contributed by atoms with Crippen molar-refractivity contribution in [2.45, 2.75) is 0 Å². The zero-order valence-electron chi connectivity index (χ0n) is 17.1. The Bertz CT molecular complexity index is 1430. The average molecular weight is 469 g/mol. The van der Waals surface area contributed by atoms with E-state index in [1.807, 2.05) is 0 Å². The Hall–Kier alpha value is -4.07. The van der Waals surface area contributed by atoms with E-state index in [0.717, 1.165) is 0 Å². The van der Waals surface area contributed by atoms with Gasteiger partial charge in [-0.1, -0.05) is 24.3 Å². The molecule has 0 aliphatic rings. The number of carbonyl (C=O) groups excluding carboxylic acids is 1. The molecule has 170 valence electrons. The molecule has 1 amide bonds. The van der Waals surface area contributed by atoms with Gasteiger partial charge in [-0.3, -0.25) is 8.98 Å². The van der Waals surface area contributed by atoms with Crippen molar-refractivity contribution < 1.29 is 22.5 Å². The van der Waals surface area contributed by atoms with Gasteiger partial charge in [0, 0.05) is 11.3 Å². The van der Waals surface area contributed by atoms with E-state index in [2.05, 4.69) is 24.5 Å². The van der Waals surface area contributed by atoms with Gasteiger partial charge in [-0.2, -0.15) is 0 Å². The van der Waals surface area contributed by atoms with E-state index in [-0.39, 0.29) is 29.4 Å². The van der Waals surface area contributed by atoms with Gasteiger partial charge in [0.15, 0.2) is 17.2 Å². The fourth-order valence-electron chi connectivity index (χ4n) is 3.26. The van der Waals surface area contributed by atoms with Crippen molar-refractivity contribution in [3.05, 3.63) is 64.7 Å². The summed E-state index contributed by atoms with van der Waals surface area (Å²) >= 11 is -2.66. The van der Waals surface area contributed by atoms with Crippen LogP contribution in [0.3, 0.4) is 0 Å². The number of methoxy groups -OCH3 is 1. The monoisotopic (exact) mass is 469 g/mol. The highest BCUT2D eigenvalue weighted by atomic mass is 32.2. The minimum absolute atomic E-state index is 0.0859. The van der Waals surface area contributed by atoms with E-state index in [4.69, 9.17) is 10.5 Å². The number of anilines is 1. The Morgan fingerprint density at radius 2 is 2.03 bits per heavy atom. The van der Waals surface area contributed by atoms with E-state index >= 15 is 0 Å². The highest BCUT2D eigenvalue weighted by Gasteiger charge is 2.21. The van der Waals surface area contributed by atoms with Crippen LogP contribution in [0.1, 0.15) is 10.5 Å². The maximum atomic E-state index is 12.8. The molecule has 2 aromatic heterocycles. The van der Waals surface area contributed by atoms with E-state index in [0.29, 0.717) is 22.7 Å². The molecule has 1 atom stereocenters. The lowest BCUT2D eigenvalue weighted by Gasteiger charge is -2.11. The van der Waals surface area contributed by atoms with Crippen LogP contribution in [0.2, 0.25) is 0 Å². The molecule has 12 nitrogen and oxygen atoms in total. The van der Waals surface area contributed by atoms with Crippen LogP contribution in [-0.4, -0.2) is 48.0 Å². The van der Waals surface area contributed by atoms with Gasteiger partial charge < -0.3 is 25.3 Å². The smallest absolute Gasteiger partial charge is 0.332 e. The van der Waals surface area contributed by atoms with Crippen LogP contribution in [0.25, 0.3) is 28.2 Å². The number of hydrogen-bond donors (Lipinski definition) is 3. The summed E-state index contributed by atoms with van der Waals surface area (Å²) in [6, 6.07) is 13.5. The zero-order valence-corrected chi connectivity index (χ0v) is 17.9. The van der Waals surface area contributed by atoms with Gasteiger partial charge in [0.2, 0.25) is 0 Å². The van der Waals surface area contributed by atoms with Crippen molar-refractivity contribution in [1.29, 1.82) is 0 Å². The number of primary amides is 1. The molecule has 0 saturated heterocycles. The van der Waals surface area contributed by atoms with E-state index in [1.54, 1.807) is 48.5 Å². The van der Waals surface area contributed by atoms with E-state index in [9.17, 15) is 18.4 Å². The Morgan fingerprint density at radius 3 is 2.76 bits per heavy atom. The minimum atomic E-state index is -2.66. The molecule has 0 bridgehead atoms. The van der Waals surface area contributed by atoms with E-state index in [1.165, 1.54) is 11.7 Å². The van der Waals surface area contributed by atoms with Gasteiger partial charge in [-0.25, -0.2) is 23.5 Å². The number of hydrogen-bond acceptors (Lipinski definition) is 9.